The van der Waals surface area contributed by atoms with Crippen molar-refractivity contribution in [3.05, 3.63) is 224 Å². The molecule has 60 heavy (non-hydrogen) atoms. The van der Waals surface area contributed by atoms with Crippen LogP contribution in [-0.4, -0.2) is 4.98 Å². The van der Waals surface area contributed by atoms with Gasteiger partial charge in [0.05, 0.1) is 11.2 Å². The maximum atomic E-state index is 5.27. The fourth-order valence-corrected chi connectivity index (χ4v) is 9.66. The minimum atomic E-state index is 0.967. The number of pyridine rings is 1. The van der Waals surface area contributed by atoms with Gasteiger partial charge in [0.25, 0.3) is 0 Å². The Morgan fingerprint density at radius 3 is 1.43 bits per heavy atom. The van der Waals surface area contributed by atoms with Gasteiger partial charge in [-0.05, 0) is 117 Å². The average Bonchev–Trinajstić information content (AvgIpc) is 3.32. The topological polar surface area (TPSA) is 12.9 Å². The van der Waals surface area contributed by atoms with E-state index in [4.69, 9.17) is 4.98 Å². The van der Waals surface area contributed by atoms with Crippen LogP contribution < -0.4 is 0 Å². The van der Waals surface area contributed by atoms with Gasteiger partial charge in [0.2, 0.25) is 0 Å². The fourth-order valence-electron chi connectivity index (χ4n) is 9.66. The summed E-state index contributed by atoms with van der Waals surface area (Å²) in [6.45, 7) is 0. The summed E-state index contributed by atoms with van der Waals surface area (Å²) in [5, 5.41) is 13.6. The molecule has 0 aliphatic heterocycles. The van der Waals surface area contributed by atoms with Crippen molar-refractivity contribution < 1.29 is 0 Å². The summed E-state index contributed by atoms with van der Waals surface area (Å²) in [6.07, 6.45) is 0. The highest BCUT2D eigenvalue weighted by Crippen LogP contribution is 2.47. The third-order valence-electron chi connectivity index (χ3n) is 12.4. The molecule has 1 aromatic heterocycles. The van der Waals surface area contributed by atoms with Gasteiger partial charge in [-0.2, -0.15) is 0 Å². The van der Waals surface area contributed by atoms with E-state index in [9.17, 15) is 0 Å². The zero-order valence-electron chi connectivity index (χ0n) is 32.8. The third kappa shape index (κ3) is 5.51. The number of nitrogens with zero attached hydrogens (tertiary/aromatic N) is 1. The van der Waals surface area contributed by atoms with Gasteiger partial charge in [-0.25, -0.2) is 4.98 Å². The molecule has 0 bridgehead atoms. The van der Waals surface area contributed by atoms with E-state index in [-0.39, 0.29) is 0 Å². The maximum absolute atomic E-state index is 5.27. The Labute approximate surface area is 348 Å². The summed E-state index contributed by atoms with van der Waals surface area (Å²) >= 11 is 0. The van der Waals surface area contributed by atoms with Crippen LogP contribution in [0.4, 0.5) is 0 Å². The molecule has 0 atom stereocenters. The van der Waals surface area contributed by atoms with E-state index in [0.29, 0.717) is 0 Å². The molecule has 0 spiro atoms. The van der Waals surface area contributed by atoms with Crippen molar-refractivity contribution in [1.82, 2.24) is 4.98 Å². The lowest BCUT2D eigenvalue weighted by atomic mass is 9.83. The van der Waals surface area contributed by atoms with E-state index in [1.807, 2.05) is 0 Å². The van der Waals surface area contributed by atoms with Gasteiger partial charge < -0.3 is 0 Å². The van der Waals surface area contributed by atoms with Crippen molar-refractivity contribution in [2.24, 2.45) is 0 Å². The van der Waals surface area contributed by atoms with E-state index in [1.54, 1.807) is 0 Å². The highest BCUT2D eigenvalue weighted by Gasteiger charge is 2.20. The molecule has 0 N–H and O–H groups in total. The number of fused-ring (bicyclic) bond motifs is 7. The molecular formula is C59H37N. The van der Waals surface area contributed by atoms with Crippen LogP contribution in [0.3, 0.4) is 0 Å². The first-order chi connectivity index (χ1) is 29.8. The summed E-state index contributed by atoms with van der Waals surface area (Å²) in [6, 6.07) is 81.9. The van der Waals surface area contributed by atoms with Crippen molar-refractivity contribution in [3.8, 4) is 55.8 Å². The molecule has 0 saturated heterocycles. The molecule has 0 fully saturated rings. The molecule has 11 aromatic carbocycles. The first-order valence-corrected chi connectivity index (χ1v) is 20.7. The fraction of sp³-hybridized carbons (Fsp3) is 0. The molecule has 0 unspecified atom stereocenters. The largest absolute Gasteiger partial charge is 0.248 e. The Bertz CT molecular complexity index is 3580. The predicted octanol–water partition coefficient (Wildman–Crippen LogP) is 16.3. The molecule has 1 heterocycles. The van der Waals surface area contributed by atoms with Gasteiger partial charge in [-0.15, -0.1) is 0 Å². The third-order valence-corrected chi connectivity index (χ3v) is 12.4. The van der Waals surface area contributed by atoms with Gasteiger partial charge >= 0.3 is 0 Å². The SMILES string of the molecule is c1ccc(-c2cc(-c3ccc(-c4ccc(-c5c6ccccc6c(-c6ccc7ccccc7c6)c6ccccc56)c5ccccc45)cc3)nc3ccc4ccccc4c23)cc1. The van der Waals surface area contributed by atoms with Gasteiger partial charge in [0.1, 0.15) is 0 Å². The second kappa shape index (κ2) is 13.9. The molecule has 0 aliphatic rings. The van der Waals surface area contributed by atoms with Crippen molar-refractivity contribution in [3.63, 3.8) is 0 Å². The maximum Gasteiger partial charge on any atom is 0.0722 e. The lowest BCUT2D eigenvalue weighted by molar-refractivity contribution is 1.40. The second-order valence-corrected chi connectivity index (χ2v) is 15.8. The summed E-state index contributed by atoms with van der Waals surface area (Å²) in [4.78, 5) is 5.27. The highest BCUT2D eigenvalue weighted by molar-refractivity contribution is 6.24. The number of aromatic nitrogens is 1. The minimum absolute atomic E-state index is 0.967. The van der Waals surface area contributed by atoms with Crippen molar-refractivity contribution in [2.75, 3.05) is 0 Å². The molecule has 0 aliphatic carbocycles. The van der Waals surface area contributed by atoms with Crippen molar-refractivity contribution in [2.45, 2.75) is 0 Å². The van der Waals surface area contributed by atoms with Gasteiger partial charge in [0, 0.05) is 10.9 Å². The molecule has 1 nitrogen and oxygen atoms in total. The van der Waals surface area contributed by atoms with Crippen LogP contribution in [0.1, 0.15) is 0 Å². The van der Waals surface area contributed by atoms with Crippen molar-refractivity contribution in [1.29, 1.82) is 0 Å². The van der Waals surface area contributed by atoms with E-state index in [0.717, 1.165) is 16.8 Å². The zero-order valence-corrected chi connectivity index (χ0v) is 32.8. The first-order valence-electron chi connectivity index (χ1n) is 20.7. The summed E-state index contributed by atoms with van der Waals surface area (Å²) < 4.78 is 0. The van der Waals surface area contributed by atoms with Crippen LogP contribution in [0.2, 0.25) is 0 Å². The zero-order chi connectivity index (χ0) is 39.6. The van der Waals surface area contributed by atoms with Crippen LogP contribution >= 0.6 is 0 Å². The summed E-state index contributed by atoms with van der Waals surface area (Å²) in [5.41, 5.74) is 12.9. The molecule has 0 saturated carbocycles. The van der Waals surface area contributed by atoms with E-state index in [1.165, 1.54) is 104 Å². The Kier molecular flexibility index (Phi) is 7.92. The van der Waals surface area contributed by atoms with Crippen LogP contribution in [0.5, 0.6) is 0 Å². The number of hydrogen-bond donors (Lipinski definition) is 0. The average molecular weight is 760 g/mol. The van der Waals surface area contributed by atoms with Gasteiger partial charge in [-0.1, -0.05) is 206 Å². The van der Waals surface area contributed by atoms with Crippen LogP contribution in [0, 0.1) is 0 Å². The van der Waals surface area contributed by atoms with E-state index >= 15 is 0 Å². The Hall–Kier alpha value is -7.87. The van der Waals surface area contributed by atoms with Gasteiger partial charge in [0.15, 0.2) is 0 Å². The minimum Gasteiger partial charge on any atom is -0.248 e. The molecular weight excluding hydrogens is 723 g/mol. The predicted molar refractivity (Wildman–Crippen MR) is 256 cm³/mol. The number of rotatable bonds is 5. The quantitative estimate of drug-likeness (QED) is 0.126. The summed E-state index contributed by atoms with van der Waals surface area (Å²) in [7, 11) is 0. The molecule has 0 radical (unpaired) electrons. The van der Waals surface area contributed by atoms with E-state index in [2.05, 4.69) is 224 Å². The second-order valence-electron chi connectivity index (χ2n) is 15.8. The highest BCUT2D eigenvalue weighted by atomic mass is 14.7. The molecule has 12 aromatic rings. The Morgan fingerprint density at radius 1 is 0.250 bits per heavy atom. The van der Waals surface area contributed by atoms with Crippen LogP contribution in [0.25, 0.3) is 121 Å². The number of benzene rings is 11. The molecule has 0 amide bonds. The van der Waals surface area contributed by atoms with Crippen molar-refractivity contribution >= 4 is 64.8 Å². The van der Waals surface area contributed by atoms with Gasteiger partial charge in [-0.3, -0.25) is 0 Å². The lowest BCUT2D eigenvalue weighted by Crippen LogP contribution is -1.93. The normalized spacial score (nSPS) is 11.7. The first kappa shape index (κ1) is 34.2. The Balaban J connectivity index is 1.000. The van der Waals surface area contributed by atoms with Crippen LogP contribution in [0.15, 0.2) is 224 Å². The van der Waals surface area contributed by atoms with Crippen LogP contribution in [-0.2, 0) is 0 Å². The monoisotopic (exact) mass is 759 g/mol. The standard InChI is InChI=1S/C59H37N/c1-2-15-39(16-3-1)54-37-56(60-55-35-32-40-17-6-7-19-46(40)59(54)55)42-29-27-41(28-30-42)45-33-34-53(48-21-9-8-20-47(45)48)58-51-24-12-10-22-49(51)57(50-23-11-13-25-52(50)58)44-31-26-38-14-4-5-18-43(38)36-44/h1-37H. The Morgan fingerprint density at radius 2 is 0.733 bits per heavy atom. The lowest BCUT2D eigenvalue weighted by Gasteiger charge is -2.20. The molecule has 1 heteroatoms. The molecule has 12 rings (SSSR count). The number of hydrogen-bond acceptors (Lipinski definition) is 1. The summed E-state index contributed by atoms with van der Waals surface area (Å²) in [5.74, 6) is 0. The van der Waals surface area contributed by atoms with E-state index < -0.39 is 0 Å². The smallest absolute Gasteiger partial charge is 0.0722 e. The molecule has 278 valence electrons.